The van der Waals surface area contributed by atoms with E-state index in [0.717, 1.165) is 15.4 Å². The van der Waals surface area contributed by atoms with E-state index in [9.17, 15) is 13.2 Å². The summed E-state index contributed by atoms with van der Waals surface area (Å²) in [5.41, 5.74) is 1.88. The van der Waals surface area contributed by atoms with Gasteiger partial charge in [0.05, 0.1) is 18.0 Å². The number of hydrogen-bond acceptors (Lipinski definition) is 6. The number of sulfonamides is 1. The van der Waals surface area contributed by atoms with Crippen molar-refractivity contribution in [2.45, 2.75) is 18.4 Å². The average Bonchev–Trinajstić information content (AvgIpc) is 3.16. The first-order valence-electron chi connectivity index (χ1n) is 8.54. The molecule has 1 aromatic heterocycles. The van der Waals surface area contributed by atoms with Crippen LogP contribution in [-0.4, -0.2) is 42.4 Å². The van der Waals surface area contributed by atoms with E-state index in [1.54, 1.807) is 18.2 Å². The summed E-state index contributed by atoms with van der Waals surface area (Å²) in [6.07, 6.45) is 0. The van der Waals surface area contributed by atoms with Crippen LogP contribution in [0.1, 0.15) is 11.5 Å². The molecule has 9 heteroatoms. The molecule has 146 valence electrons. The molecule has 3 rings (SSSR count). The first-order valence-corrected chi connectivity index (χ1v) is 9.98. The van der Waals surface area contributed by atoms with E-state index in [0.29, 0.717) is 5.82 Å². The molecule has 0 bridgehead atoms. The number of carbonyl (C=O) groups is 1. The van der Waals surface area contributed by atoms with Crippen LogP contribution in [0.4, 0.5) is 0 Å². The van der Waals surface area contributed by atoms with Gasteiger partial charge in [-0.05, 0) is 25.1 Å². The second-order valence-electron chi connectivity index (χ2n) is 6.23. The Kier molecular flexibility index (Phi) is 5.86. The molecule has 8 nitrogen and oxygen atoms in total. The fourth-order valence-electron chi connectivity index (χ4n) is 2.52. The highest BCUT2D eigenvalue weighted by molar-refractivity contribution is 7.89. The van der Waals surface area contributed by atoms with Gasteiger partial charge in [0.25, 0.3) is 0 Å². The first kappa shape index (κ1) is 19.7. The van der Waals surface area contributed by atoms with E-state index in [2.05, 4.69) is 15.5 Å². The van der Waals surface area contributed by atoms with Crippen molar-refractivity contribution in [3.63, 3.8) is 0 Å². The van der Waals surface area contributed by atoms with Gasteiger partial charge in [-0.1, -0.05) is 47.1 Å². The molecule has 0 atom stereocenters. The zero-order valence-electron chi connectivity index (χ0n) is 15.5. The summed E-state index contributed by atoms with van der Waals surface area (Å²) in [4.78, 5) is 16.5. The summed E-state index contributed by atoms with van der Waals surface area (Å²) < 4.78 is 31.0. The maximum Gasteiger partial charge on any atom is 0.246 e. The number of carbonyl (C=O) groups excluding carboxylic acids is 1. The smallest absolute Gasteiger partial charge is 0.246 e. The minimum atomic E-state index is -3.73. The van der Waals surface area contributed by atoms with Gasteiger partial charge in [-0.2, -0.15) is 9.29 Å². The molecule has 28 heavy (non-hydrogen) atoms. The number of nitrogens with one attached hydrogen (secondary N) is 1. The number of rotatable bonds is 7. The third-order valence-electron chi connectivity index (χ3n) is 4.00. The van der Waals surface area contributed by atoms with Crippen molar-refractivity contribution in [1.29, 1.82) is 0 Å². The van der Waals surface area contributed by atoms with Crippen molar-refractivity contribution < 1.29 is 17.7 Å². The maximum absolute atomic E-state index is 12.4. The Hall–Kier alpha value is -3.04. The molecule has 0 unspecified atom stereocenters. The van der Waals surface area contributed by atoms with Gasteiger partial charge in [-0.25, -0.2) is 8.42 Å². The van der Waals surface area contributed by atoms with Gasteiger partial charge in [-0.3, -0.25) is 4.79 Å². The Bertz CT molecular complexity index is 1060. The van der Waals surface area contributed by atoms with Gasteiger partial charge in [0.2, 0.25) is 27.6 Å². The van der Waals surface area contributed by atoms with Gasteiger partial charge in [0, 0.05) is 12.6 Å². The van der Waals surface area contributed by atoms with E-state index in [1.165, 1.54) is 19.2 Å². The van der Waals surface area contributed by atoms with Crippen molar-refractivity contribution in [3.05, 3.63) is 66.1 Å². The molecule has 0 fully saturated rings. The summed E-state index contributed by atoms with van der Waals surface area (Å²) in [7, 11) is -2.38. The maximum atomic E-state index is 12.4. The molecular formula is C19H20N4O4S. The molecule has 3 aromatic rings. The third kappa shape index (κ3) is 4.62. The van der Waals surface area contributed by atoms with E-state index < -0.39 is 15.9 Å². The summed E-state index contributed by atoms with van der Waals surface area (Å²) >= 11 is 0. The Labute approximate surface area is 163 Å². The molecule has 2 aromatic carbocycles. The topological polar surface area (TPSA) is 105 Å². The summed E-state index contributed by atoms with van der Waals surface area (Å²) in [6.45, 7) is 1.65. The van der Waals surface area contributed by atoms with Crippen molar-refractivity contribution in [2.24, 2.45) is 0 Å². The fourth-order valence-corrected chi connectivity index (χ4v) is 3.67. The van der Waals surface area contributed by atoms with Crippen LogP contribution in [0.15, 0.2) is 64.0 Å². The Balaban J connectivity index is 1.57. The predicted molar refractivity (Wildman–Crippen MR) is 103 cm³/mol. The summed E-state index contributed by atoms with van der Waals surface area (Å²) in [5, 5.41) is 6.49. The van der Waals surface area contributed by atoms with Crippen LogP contribution in [0.25, 0.3) is 11.4 Å². The lowest BCUT2D eigenvalue weighted by atomic mass is 10.1. The third-order valence-corrected chi connectivity index (χ3v) is 5.82. The molecule has 1 N–H and O–H groups in total. The predicted octanol–water partition coefficient (Wildman–Crippen LogP) is 1.98. The van der Waals surface area contributed by atoms with Gasteiger partial charge in [0.1, 0.15) is 0 Å². The van der Waals surface area contributed by atoms with Crippen LogP contribution in [-0.2, 0) is 21.4 Å². The van der Waals surface area contributed by atoms with Gasteiger partial charge in [0.15, 0.2) is 0 Å². The number of benzene rings is 2. The van der Waals surface area contributed by atoms with Crippen molar-refractivity contribution in [1.82, 2.24) is 19.8 Å². The quantitative estimate of drug-likeness (QED) is 0.650. The number of nitrogens with zero attached hydrogens (tertiary/aromatic N) is 3. The van der Waals surface area contributed by atoms with Crippen LogP contribution in [0.2, 0.25) is 0 Å². The summed E-state index contributed by atoms with van der Waals surface area (Å²) in [5.74, 6) is 0.187. The van der Waals surface area contributed by atoms with Gasteiger partial charge < -0.3 is 9.84 Å². The molecular weight excluding hydrogens is 380 g/mol. The molecule has 0 aliphatic heterocycles. The number of aryl methyl sites for hydroxylation is 1. The minimum Gasteiger partial charge on any atom is -0.346 e. The zero-order chi connectivity index (χ0) is 20.1. The molecule has 0 aliphatic carbocycles. The minimum absolute atomic E-state index is 0.0108. The molecule has 0 aliphatic rings. The van der Waals surface area contributed by atoms with Crippen molar-refractivity contribution >= 4 is 15.9 Å². The van der Waals surface area contributed by atoms with Gasteiger partial charge in [-0.15, -0.1) is 0 Å². The van der Waals surface area contributed by atoms with E-state index >= 15 is 0 Å². The molecule has 0 radical (unpaired) electrons. The molecule has 0 saturated heterocycles. The van der Waals surface area contributed by atoms with Crippen LogP contribution in [0, 0.1) is 6.92 Å². The average molecular weight is 400 g/mol. The lowest BCUT2D eigenvalue weighted by molar-refractivity contribution is -0.121. The number of likely N-dealkylation sites (N-methyl/N-ethyl adjacent to an activating group) is 1. The SMILES string of the molecule is Cc1cccc(-c2noc(CNC(=O)CN(C)S(=O)(=O)c3ccccc3)n2)c1. The molecule has 1 amide bonds. The highest BCUT2D eigenvalue weighted by atomic mass is 32.2. The lowest BCUT2D eigenvalue weighted by Crippen LogP contribution is -2.38. The Morgan fingerprint density at radius 1 is 1.14 bits per heavy atom. The normalized spacial score (nSPS) is 11.5. The summed E-state index contributed by atoms with van der Waals surface area (Å²) in [6, 6.07) is 15.6. The first-order chi connectivity index (χ1) is 13.4. The second-order valence-corrected chi connectivity index (χ2v) is 8.28. The fraction of sp³-hybridized carbons (Fsp3) is 0.211. The van der Waals surface area contributed by atoms with Crippen LogP contribution >= 0.6 is 0 Å². The number of aromatic nitrogens is 2. The number of amides is 1. The van der Waals surface area contributed by atoms with Crippen LogP contribution in [0.3, 0.4) is 0 Å². The van der Waals surface area contributed by atoms with Crippen LogP contribution < -0.4 is 5.32 Å². The standard InChI is InChI=1S/C19H20N4O4S/c1-14-7-6-8-15(11-14)19-21-18(27-22-19)12-20-17(24)13-23(2)28(25,26)16-9-4-3-5-10-16/h3-11H,12-13H2,1-2H3,(H,20,24). The molecule has 0 spiro atoms. The van der Waals surface area contributed by atoms with E-state index in [4.69, 9.17) is 4.52 Å². The number of hydrogen-bond donors (Lipinski definition) is 1. The second kappa shape index (κ2) is 8.32. The van der Waals surface area contributed by atoms with Crippen molar-refractivity contribution in [3.8, 4) is 11.4 Å². The monoisotopic (exact) mass is 400 g/mol. The highest BCUT2D eigenvalue weighted by Gasteiger charge is 2.22. The van der Waals surface area contributed by atoms with Gasteiger partial charge >= 0.3 is 0 Å². The van der Waals surface area contributed by atoms with E-state index in [1.807, 2.05) is 31.2 Å². The van der Waals surface area contributed by atoms with Crippen molar-refractivity contribution in [2.75, 3.05) is 13.6 Å². The molecule has 1 heterocycles. The van der Waals surface area contributed by atoms with Crippen LogP contribution in [0.5, 0.6) is 0 Å². The molecule has 0 saturated carbocycles. The lowest BCUT2D eigenvalue weighted by Gasteiger charge is -2.16. The largest absolute Gasteiger partial charge is 0.346 e. The Morgan fingerprint density at radius 3 is 2.61 bits per heavy atom. The van der Waals surface area contributed by atoms with E-state index in [-0.39, 0.29) is 23.9 Å². The zero-order valence-corrected chi connectivity index (χ0v) is 16.3. The Morgan fingerprint density at radius 2 is 1.89 bits per heavy atom. The highest BCUT2D eigenvalue weighted by Crippen LogP contribution is 2.17.